The second kappa shape index (κ2) is 10.6. The number of ketones is 1. The fourth-order valence-corrected chi connectivity index (χ4v) is 5.25. The number of nitrogens with zero attached hydrogens (tertiary/aromatic N) is 1. The van der Waals surface area contributed by atoms with Crippen molar-refractivity contribution < 1.29 is 28.9 Å². The summed E-state index contributed by atoms with van der Waals surface area (Å²) in [6.45, 7) is 2.43. The maximum absolute atomic E-state index is 13.4. The Kier molecular flexibility index (Phi) is 7.55. The Morgan fingerprint density at radius 2 is 1.69 bits per heavy atom. The van der Waals surface area contributed by atoms with Gasteiger partial charge in [-0.25, -0.2) is 0 Å². The van der Waals surface area contributed by atoms with Gasteiger partial charge in [-0.15, -0.1) is 0 Å². The van der Waals surface area contributed by atoms with Gasteiger partial charge in [-0.1, -0.05) is 43.0 Å². The van der Waals surface area contributed by atoms with Gasteiger partial charge in [0.05, 0.1) is 43.0 Å². The summed E-state index contributed by atoms with van der Waals surface area (Å²) in [6, 6.07) is 9.51. The maximum Gasteiger partial charge on any atom is 0.295 e. The Morgan fingerprint density at radius 1 is 1.03 bits per heavy atom. The number of amides is 1. The lowest BCUT2D eigenvalue weighted by Crippen LogP contribution is -2.40. The van der Waals surface area contributed by atoms with Crippen molar-refractivity contribution in [3.63, 3.8) is 0 Å². The number of aliphatic hydroxyl groups is 1. The number of hydrogen-bond acceptors (Lipinski definition) is 6. The lowest BCUT2D eigenvalue weighted by molar-refractivity contribution is -0.141. The monoisotopic (exact) mass is 499 g/mol. The lowest BCUT2D eigenvalue weighted by atomic mass is 9.91. The fourth-order valence-electron chi connectivity index (χ4n) is 5.02. The molecule has 1 atom stereocenters. The van der Waals surface area contributed by atoms with Gasteiger partial charge in [0.15, 0.2) is 0 Å². The zero-order valence-electron chi connectivity index (χ0n) is 20.2. The summed E-state index contributed by atoms with van der Waals surface area (Å²) >= 11 is 6.24. The maximum atomic E-state index is 13.4. The van der Waals surface area contributed by atoms with E-state index in [2.05, 4.69) is 0 Å². The summed E-state index contributed by atoms with van der Waals surface area (Å²) in [5, 5.41) is 11.8. The molecule has 1 N–H and O–H groups in total. The summed E-state index contributed by atoms with van der Waals surface area (Å²) < 4.78 is 16.3. The van der Waals surface area contributed by atoms with Crippen LogP contribution in [0.5, 0.6) is 17.2 Å². The van der Waals surface area contributed by atoms with E-state index in [0.717, 1.165) is 37.7 Å². The molecule has 1 unspecified atom stereocenters. The van der Waals surface area contributed by atoms with Crippen LogP contribution in [-0.4, -0.2) is 48.6 Å². The van der Waals surface area contributed by atoms with E-state index >= 15 is 0 Å². The molecular weight excluding hydrogens is 470 g/mol. The number of carbonyl (C=O) groups excluding carboxylic acids is 2. The molecule has 4 rings (SSSR count). The highest BCUT2D eigenvalue weighted by molar-refractivity contribution is 6.46. The number of likely N-dealkylation sites (tertiary alicyclic amines) is 1. The zero-order chi connectivity index (χ0) is 25.1. The van der Waals surface area contributed by atoms with Crippen LogP contribution >= 0.6 is 11.6 Å². The minimum atomic E-state index is -0.736. The average Bonchev–Trinajstić information content (AvgIpc) is 3.14. The molecule has 2 fully saturated rings. The minimum Gasteiger partial charge on any atom is -0.507 e. The number of ether oxygens (including phenoxy) is 3. The summed E-state index contributed by atoms with van der Waals surface area (Å²) in [4.78, 5) is 28.4. The van der Waals surface area contributed by atoms with Crippen molar-refractivity contribution in [2.45, 2.75) is 51.1 Å². The largest absolute Gasteiger partial charge is 0.507 e. The molecule has 2 aliphatic rings. The van der Waals surface area contributed by atoms with E-state index in [-0.39, 0.29) is 28.7 Å². The van der Waals surface area contributed by atoms with E-state index in [1.807, 2.05) is 31.2 Å². The molecule has 2 aromatic carbocycles. The molecule has 8 heteroatoms. The van der Waals surface area contributed by atoms with Crippen LogP contribution in [0.15, 0.2) is 42.0 Å². The first-order valence-corrected chi connectivity index (χ1v) is 12.2. The first-order valence-electron chi connectivity index (χ1n) is 11.9. The van der Waals surface area contributed by atoms with Gasteiger partial charge in [0.25, 0.3) is 11.7 Å². The number of rotatable bonds is 7. The van der Waals surface area contributed by atoms with Crippen LogP contribution in [0, 0.1) is 0 Å². The minimum absolute atomic E-state index is 0.0207. The summed E-state index contributed by atoms with van der Waals surface area (Å²) in [6.07, 6.45) is 4.73. The Morgan fingerprint density at radius 3 is 2.29 bits per heavy atom. The van der Waals surface area contributed by atoms with Crippen molar-refractivity contribution in [3.8, 4) is 17.2 Å². The molecule has 2 aromatic rings. The van der Waals surface area contributed by atoms with Crippen molar-refractivity contribution in [2.24, 2.45) is 0 Å². The van der Waals surface area contributed by atoms with Crippen LogP contribution in [0.1, 0.15) is 56.2 Å². The van der Waals surface area contributed by atoms with E-state index in [9.17, 15) is 14.7 Å². The van der Waals surface area contributed by atoms with Crippen molar-refractivity contribution in [3.05, 3.63) is 58.1 Å². The zero-order valence-corrected chi connectivity index (χ0v) is 20.9. The number of halogens is 1. The van der Waals surface area contributed by atoms with E-state index < -0.39 is 17.7 Å². The topological polar surface area (TPSA) is 85.3 Å². The second-order valence-corrected chi connectivity index (χ2v) is 9.09. The molecule has 0 radical (unpaired) electrons. The Labute approximate surface area is 210 Å². The molecule has 35 heavy (non-hydrogen) atoms. The highest BCUT2D eigenvalue weighted by Gasteiger charge is 2.49. The van der Waals surface area contributed by atoms with Crippen LogP contribution in [0.4, 0.5) is 0 Å². The number of benzene rings is 2. The van der Waals surface area contributed by atoms with E-state index in [1.165, 1.54) is 26.4 Å². The van der Waals surface area contributed by atoms with Gasteiger partial charge in [-0.2, -0.15) is 0 Å². The highest BCUT2D eigenvalue weighted by Crippen LogP contribution is 2.45. The third kappa shape index (κ3) is 4.69. The van der Waals surface area contributed by atoms with Crippen molar-refractivity contribution >= 4 is 29.1 Å². The number of carbonyl (C=O) groups is 2. The van der Waals surface area contributed by atoms with Crippen LogP contribution in [0.2, 0.25) is 5.02 Å². The van der Waals surface area contributed by atoms with Crippen molar-refractivity contribution in [1.82, 2.24) is 4.90 Å². The predicted molar refractivity (Wildman–Crippen MR) is 133 cm³/mol. The van der Waals surface area contributed by atoms with Gasteiger partial charge >= 0.3 is 0 Å². The number of hydrogen-bond donors (Lipinski definition) is 1. The number of aliphatic hydroxyl groups excluding tert-OH is 1. The summed E-state index contributed by atoms with van der Waals surface area (Å²) in [5.74, 6) is -0.377. The van der Waals surface area contributed by atoms with Crippen molar-refractivity contribution in [2.75, 3.05) is 20.8 Å². The molecule has 0 spiro atoms. The van der Waals surface area contributed by atoms with E-state index in [0.29, 0.717) is 23.1 Å². The molecule has 7 nitrogen and oxygen atoms in total. The molecule has 1 heterocycles. The van der Waals surface area contributed by atoms with E-state index in [4.69, 9.17) is 25.8 Å². The van der Waals surface area contributed by atoms with Crippen LogP contribution in [0.25, 0.3) is 5.76 Å². The van der Waals surface area contributed by atoms with Gasteiger partial charge in [-0.05, 0) is 43.5 Å². The van der Waals surface area contributed by atoms with Crippen molar-refractivity contribution in [1.29, 1.82) is 0 Å². The molecule has 1 saturated carbocycles. The van der Waals surface area contributed by atoms with Crippen LogP contribution in [0.3, 0.4) is 0 Å². The number of methoxy groups -OCH3 is 2. The third-order valence-corrected chi connectivity index (χ3v) is 6.98. The highest BCUT2D eigenvalue weighted by atomic mass is 35.5. The SMILES string of the molecule is CCOc1ccc(C2/C(=C(\O)c3cc(OC)c(Cl)cc3OC)C(=O)C(=O)N2C2CCCCC2)cc1. The molecule has 1 aliphatic carbocycles. The molecule has 1 saturated heterocycles. The lowest BCUT2D eigenvalue weighted by Gasteiger charge is -2.35. The molecule has 0 bridgehead atoms. The fraction of sp³-hybridized carbons (Fsp3) is 0.407. The molecule has 186 valence electrons. The van der Waals surface area contributed by atoms with Gasteiger partial charge in [0.1, 0.15) is 23.0 Å². The van der Waals surface area contributed by atoms with Crippen LogP contribution in [-0.2, 0) is 9.59 Å². The molecule has 1 aliphatic heterocycles. The normalized spacial score (nSPS) is 20.2. The van der Waals surface area contributed by atoms with Crippen LogP contribution < -0.4 is 14.2 Å². The Bertz CT molecular complexity index is 1140. The Hall–Kier alpha value is -3.19. The van der Waals surface area contributed by atoms with E-state index in [1.54, 1.807) is 4.90 Å². The van der Waals surface area contributed by atoms with Gasteiger partial charge in [0, 0.05) is 12.1 Å². The third-order valence-electron chi connectivity index (χ3n) is 6.68. The smallest absolute Gasteiger partial charge is 0.295 e. The average molecular weight is 500 g/mol. The molecule has 1 amide bonds. The molecule has 0 aromatic heterocycles. The van der Waals surface area contributed by atoms with Gasteiger partial charge in [-0.3, -0.25) is 9.59 Å². The van der Waals surface area contributed by atoms with Gasteiger partial charge < -0.3 is 24.2 Å². The standard InChI is InChI=1S/C27H30ClNO6/c1-4-35-18-12-10-16(11-13-18)24-23(26(31)27(32)29(24)17-8-6-5-7-9-17)25(30)19-14-22(34-3)20(28)15-21(19)33-2/h10-15,17,24,30H,4-9H2,1-3H3/b25-23+. The summed E-state index contributed by atoms with van der Waals surface area (Å²) in [7, 11) is 2.90. The Balaban J connectivity index is 1.90. The first kappa shape index (κ1) is 24.9. The molecular formula is C27H30ClNO6. The first-order chi connectivity index (χ1) is 16.9. The quantitative estimate of drug-likeness (QED) is 0.307. The summed E-state index contributed by atoms with van der Waals surface area (Å²) in [5.41, 5.74) is 0.971. The second-order valence-electron chi connectivity index (χ2n) is 8.69. The van der Waals surface area contributed by atoms with Gasteiger partial charge in [0.2, 0.25) is 0 Å². The predicted octanol–water partition coefficient (Wildman–Crippen LogP) is 5.51. The number of Topliss-reactive ketones (excluding diaryl/α,β-unsaturated/α-hetero) is 1.